The van der Waals surface area contributed by atoms with E-state index >= 15 is 0 Å². The Hall–Kier alpha value is -1.51. The van der Waals surface area contributed by atoms with Crippen LogP contribution in [0.1, 0.15) is 37.3 Å². The van der Waals surface area contributed by atoms with E-state index in [1.54, 1.807) is 0 Å². The smallest absolute Gasteiger partial charge is 0.307 e. The third kappa shape index (κ3) is 2.99. The lowest BCUT2D eigenvalue weighted by Crippen LogP contribution is -2.19. The first-order valence-electron chi connectivity index (χ1n) is 6.19. The lowest BCUT2D eigenvalue weighted by molar-refractivity contribution is -0.138. The molecule has 0 amide bonds. The number of hydrogen-bond donors (Lipinski definition) is 1. The van der Waals surface area contributed by atoms with Gasteiger partial charge in [0.25, 0.3) is 0 Å². The Kier molecular flexibility index (Phi) is 3.67. The topological polar surface area (TPSA) is 46.5 Å². The van der Waals surface area contributed by atoms with Crippen molar-refractivity contribution in [3.8, 4) is 5.75 Å². The fourth-order valence-corrected chi connectivity index (χ4v) is 2.28. The number of ether oxygens (including phenoxy) is 1. The molecule has 1 aromatic carbocycles. The summed E-state index contributed by atoms with van der Waals surface area (Å²) >= 11 is 0. The molecule has 1 aliphatic rings. The molecule has 0 heterocycles. The summed E-state index contributed by atoms with van der Waals surface area (Å²) in [5.74, 6) is -0.00300. The second-order valence-corrected chi connectivity index (χ2v) is 4.53. The third-order valence-electron chi connectivity index (χ3n) is 3.23. The molecular weight excluding hydrogens is 216 g/mol. The van der Waals surface area contributed by atoms with Crippen molar-refractivity contribution in [2.75, 3.05) is 0 Å². The quantitative estimate of drug-likeness (QED) is 0.852. The number of carboxylic acid groups (broad SMARTS) is 1. The van der Waals surface area contributed by atoms with E-state index < -0.39 is 5.97 Å². The van der Waals surface area contributed by atoms with Crippen LogP contribution in [0.4, 0.5) is 0 Å². The van der Waals surface area contributed by atoms with Crippen LogP contribution in [0.3, 0.4) is 0 Å². The number of benzene rings is 1. The number of hydrogen-bond acceptors (Lipinski definition) is 2. The van der Waals surface area contributed by atoms with Gasteiger partial charge in [-0.1, -0.05) is 13.0 Å². The van der Waals surface area contributed by atoms with Crippen LogP contribution in [0.5, 0.6) is 5.75 Å². The first-order valence-corrected chi connectivity index (χ1v) is 6.19. The van der Waals surface area contributed by atoms with Gasteiger partial charge in [-0.25, -0.2) is 0 Å². The number of aliphatic carboxylic acids is 1. The zero-order valence-corrected chi connectivity index (χ0v) is 10.1. The second kappa shape index (κ2) is 5.21. The molecule has 1 atom stereocenters. The molecule has 0 spiro atoms. The maximum Gasteiger partial charge on any atom is 0.307 e. The van der Waals surface area contributed by atoms with E-state index in [1.165, 1.54) is 17.5 Å². The van der Waals surface area contributed by atoms with Crippen molar-refractivity contribution in [2.45, 2.75) is 45.1 Å². The van der Waals surface area contributed by atoms with Crippen molar-refractivity contribution in [3.63, 3.8) is 0 Å². The van der Waals surface area contributed by atoms with E-state index in [9.17, 15) is 4.79 Å². The summed E-state index contributed by atoms with van der Waals surface area (Å²) in [4.78, 5) is 10.7. The Morgan fingerprint density at radius 1 is 1.41 bits per heavy atom. The van der Waals surface area contributed by atoms with Crippen LogP contribution in [-0.4, -0.2) is 17.2 Å². The minimum Gasteiger partial charge on any atom is -0.490 e. The van der Waals surface area contributed by atoms with Gasteiger partial charge in [0.05, 0.1) is 6.42 Å². The van der Waals surface area contributed by atoms with Gasteiger partial charge in [-0.3, -0.25) is 4.79 Å². The van der Waals surface area contributed by atoms with Crippen molar-refractivity contribution in [1.82, 2.24) is 0 Å². The molecule has 0 aromatic heterocycles. The lowest BCUT2D eigenvalue weighted by atomic mass is 10.1. The largest absolute Gasteiger partial charge is 0.490 e. The van der Waals surface area contributed by atoms with Gasteiger partial charge in [0.15, 0.2) is 0 Å². The van der Waals surface area contributed by atoms with Crippen molar-refractivity contribution >= 4 is 5.97 Å². The van der Waals surface area contributed by atoms with Crippen LogP contribution in [0.2, 0.25) is 0 Å². The fraction of sp³-hybridized carbons (Fsp3) is 0.500. The average Bonchev–Trinajstić information content (AvgIpc) is 2.74. The van der Waals surface area contributed by atoms with Gasteiger partial charge >= 0.3 is 5.97 Å². The van der Waals surface area contributed by atoms with Gasteiger partial charge in [0.2, 0.25) is 0 Å². The zero-order valence-electron chi connectivity index (χ0n) is 10.1. The molecule has 0 saturated carbocycles. The Morgan fingerprint density at radius 2 is 2.18 bits per heavy atom. The predicted octanol–water partition coefficient (Wildman–Crippen LogP) is 2.81. The number of carbonyl (C=O) groups is 1. The second-order valence-electron chi connectivity index (χ2n) is 4.53. The predicted molar refractivity (Wildman–Crippen MR) is 65.4 cm³/mol. The highest BCUT2D eigenvalue weighted by molar-refractivity contribution is 5.67. The minimum absolute atomic E-state index is 0.0631. The lowest BCUT2D eigenvalue weighted by Gasteiger charge is -2.16. The highest BCUT2D eigenvalue weighted by Crippen LogP contribution is 2.27. The third-order valence-corrected chi connectivity index (χ3v) is 3.23. The monoisotopic (exact) mass is 234 g/mol. The van der Waals surface area contributed by atoms with E-state index in [0.29, 0.717) is 6.42 Å². The number of rotatable bonds is 5. The Morgan fingerprint density at radius 3 is 2.88 bits per heavy atom. The van der Waals surface area contributed by atoms with E-state index in [2.05, 4.69) is 12.1 Å². The van der Waals surface area contributed by atoms with Crippen LogP contribution < -0.4 is 4.74 Å². The van der Waals surface area contributed by atoms with E-state index in [0.717, 1.165) is 18.6 Å². The Bertz CT molecular complexity index is 412. The SMILES string of the molecule is CCC(CC(=O)O)Oc1ccc2c(c1)CCC2. The molecule has 0 aliphatic heterocycles. The molecule has 1 aliphatic carbocycles. The maximum atomic E-state index is 10.7. The summed E-state index contributed by atoms with van der Waals surface area (Å²) in [6.07, 6.45) is 4.03. The fourth-order valence-electron chi connectivity index (χ4n) is 2.28. The molecule has 1 N–H and O–H groups in total. The Balaban J connectivity index is 2.04. The molecule has 3 nitrogen and oxygen atoms in total. The molecule has 1 aromatic rings. The normalized spacial score (nSPS) is 15.4. The zero-order chi connectivity index (χ0) is 12.3. The van der Waals surface area contributed by atoms with E-state index in [4.69, 9.17) is 9.84 Å². The van der Waals surface area contributed by atoms with Crippen molar-refractivity contribution in [2.24, 2.45) is 0 Å². The van der Waals surface area contributed by atoms with Crippen LogP contribution in [0, 0.1) is 0 Å². The summed E-state index contributed by atoms with van der Waals surface area (Å²) in [5, 5.41) is 8.77. The molecule has 3 heteroatoms. The standard InChI is InChI=1S/C14H18O3/c1-2-12(9-14(15)16)17-13-7-6-10-4-3-5-11(10)8-13/h6-8,12H,2-5,9H2,1H3,(H,15,16). The van der Waals surface area contributed by atoms with Crippen LogP contribution in [0.25, 0.3) is 0 Å². The molecule has 17 heavy (non-hydrogen) atoms. The summed E-state index contributed by atoms with van der Waals surface area (Å²) < 4.78 is 5.72. The van der Waals surface area contributed by atoms with Crippen molar-refractivity contribution < 1.29 is 14.6 Å². The molecule has 1 unspecified atom stereocenters. The molecule has 0 radical (unpaired) electrons. The summed E-state index contributed by atoms with van der Waals surface area (Å²) in [6, 6.07) is 6.12. The number of fused-ring (bicyclic) bond motifs is 1. The average molecular weight is 234 g/mol. The summed E-state index contributed by atoms with van der Waals surface area (Å²) in [6.45, 7) is 1.95. The maximum absolute atomic E-state index is 10.7. The highest BCUT2D eigenvalue weighted by Gasteiger charge is 2.15. The van der Waals surface area contributed by atoms with E-state index in [1.807, 2.05) is 13.0 Å². The molecule has 92 valence electrons. The van der Waals surface area contributed by atoms with Gasteiger partial charge < -0.3 is 9.84 Å². The molecular formula is C14H18O3. The number of carboxylic acids is 1. The first kappa shape index (κ1) is 12.0. The minimum atomic E-state index is -0.807. The van der Waals surface area contributed by atoms with Gasteiger partial charge in [0, 0.05) is 0 Å². The van der Waals surface area contributed by atoms with Gasteiger partial charge in [-0.15, -0.1) is 0 Å². The van der Waals surface area contributed by atoms with E-state index in [-0.39, 0.29) is 12.5 Å². The van der Waals surface area contributed by atoms with Crippen molar-refractivity contribution in [3.05, 3.63) is 29.3 Å². The Labute approximate surface area is 101 Å². The highest BCUT2D eigenvalue weighted by atomic mass is 16.5. The van der Waals surface area contributed by atoms with Gasteiger partial charge in [-0.2, -0.15) is 0 Å². The van der Waals surface area contributed by atoms with Crippen LogP contribution in [-0.2, 0) is 17.6 Å². The first-order chi connectivity index (χ1) is 8.19. The summed E-state index contributed by atoms with van der Waals surface area (Å²) in [7, 11) is 0. The molecule has 2 rings (SSSR count). The van der Waals surface area contributed by atoms with Crippen LogP contribution in [0.15, 0.2) is 18.2 Å². The molecule has 0 fully saturated rings. The molecule has 0 saturated heterocycles. The van der Waals surface area contributed by atoms with Crippen LogP contribution >= 0.6 is 0 Å². The van der Waals surface area contributed by atoms with Gasteiger partial charge in [0.1, 0.15) is 11.9 Å². The van der Waals surface area contributed by atoms with Gasteiger partial charge in [-0.05, 0) is 48.9 Å². The number of aryl methyl sites for hydroxylation is 2. The molecule has 0 bridgehead atoms. The van der Waals surface area contributed by atoms with Crippen molar-refractivity contribution in [1.29, 1.82) is 0 Å². The summed E-state index contributed by atoms with van der Waals surface area (Å²) in [5.41, 5.74) is 2.76.